The van der Waals surface area contributed by atoms with Gasteiger partial charge < -0.3 is 10.1 Å². The number of fused-ring (bicyclic) bond motifs is 1. The fourth-order valence-electron chi connectivity index (χ4n) is 3.74. The summed E-state index contributed by atoms with van der Waals surface area (Å²) in [5.41, 5.74) is 5.60. The Morgan fingerprint density at radius 2 is 1.91 bits per heavy atom. The van der Waals surface area contributed by atoms with E-state index in [1.807, 2.05) is 39.0 Å². The van der Waals surface area contributed by atoms with Gasteiger partial charge in [-0.15, -0.1) is 0 Å². The lowest BCUT2D eigenvalue weighted by atomic mass is 10.0. The molecule has 1 aliphatic rings. The van der Waals surface area contributed by atoms with Crippen molar-refractivity contribution in [1.82, 2.24) is 4.98 Å². The third-order valence-corrected chi connectivity index (χ3v) is 6.20. The van der Waals surface area contributed by atoms with E-state index in [2.05, 4.69) is 10.3 Å². The number of benzene rings is 2. The number of aliphatic imine (C=N–C) groups is 1. The third kappa shape index (κ3) is 4.79. The number of aromatic nitrogens is 1. The lowest BCUT2D eigenvalue weighted by Crippen LogP contribution is -2.39. The number of hydrogen-bond donors (Lipinski definition) is 1. The third-order valence-electron chi connectivity index (χ3n) is 5.79. The summed E-state index contributed by atoms with van der Waals surface area (Å²) in [5.74, 6) is 0.134. The summed E-state index contributed by atoms with van der Waals surface area (Å²) in [4.78, 5) is 36.8. The molecule has 0 saturated heterocycles. The molecule has 0 saturated carbocycles. The Labute approximate surface area is 203 Å². The van der Waals surface area contributed by atoms with Gasteiger partial charge in [0.05, 0.1) is 24.9 Å². The molecule has 0 fully saturated rings. The van der Waals surface area contributed by atoms with Crippen LogP contribution in [0.15, 0.2) is 53.7 Å². The van der Waals surface area contributed by atoms with Gasteiger partial charge in [0.2, 0.25) is 11.8 Å². The fraction of sp³-hybridized carbons (Fsp3) is 0.231. The van der Waals surface area contributed by atoms with Crippen LogP contribution in [0, 0.1) is 20.8 Å². The molecule has 2 heterocycles. The number of carbonyl (C=O) groups is 2. The van der Waals surface area contributed by atoms with Gasteiger partial charge in [0, 0.05) is 17.3 Å². The van der Waals surface area contributed by atoms with Crippen molar-refractivity contribution in [1.29, 1.82) is 0 Å². The summed E-state index contributed by atoms with van der Waals surface area (Å²) < 4.78 is 5.34. The van der Waals surface area contributed by atoms with E-state index in [-0.39, 0.29) is 24.8 Å². The number of rotatable bonds is 5. The summed E-state index contributed by atoms with van der Waals surface area (Å²) in [6.45, 7) is 5.68. The van der Waals surface area contributed by atoms with Crippen molar-refractivity contribution in [2.45, 2.75) is 27.2 Å². The summed E-state index contributed by atoms with van der Waals surface area (Å²) in [5, 5.41) is 3.36. The minimum Gasteiger partial charge on any atom is -0.495 e. The number of nitrogens with zero attached hydrogens (tertiary/aromatic N) is 3. The number of ether oxygens (including phenoxy) is 1. The molecule has 34 heavy (non-hydrogen) atoms. The molecular formula is C26H25ClN4O3. The van der Waals surface area contributed by atoms with E-state index >= 15 is 0 Å². The van der Waals surface area contributed by atoms with Gasteiger partial charge in [-0.05, 0) is 67.3 Å². The molecule has 0 spiro atoms. The predicted octanol–water partition coefficient (Wildman–Crippen LogP) is 5.17. The standard InChI is InChI=1S/C26H25ClN4O3/c1-15-7-8-18(10-16(15)2)21-13-25(33)31(26-20(29-21)6-5-9-28-26)14-24(32)30-22-11-17(3)19(27)12-23(22)34-4/h5-12H,13-14H2,1-4H3,(H,30,32). The Hall–Kier alpha value is -3.71. The maximum absolute atomic E-state index is 13.3. The van der Waals surface area contributed by atoms with Crippen LogP contribution in [0.4, 0.5) is 17.2 Å². The van der Waals surface area contributed by atoms with Crippen LogP contribution >= 0.6 is 11.6 Å². The Morgan fingerprint density at radius 3 is 2.65 bits per heavy atom. The van der Waals surface area contributed by atoms with E-state index in [9.17, 15) is 9.59 Å². The SMILES string of the molecule is COc1cc(Cl)c(C)cc1NC(=O)CN1C(=O)CC(c2ccc(C)c(C)c2)=Nc2cccnc21. The molecule has 2 aromatic carbocycles. The monoisotopic (exact) mass is 476 g/mol. The molecule has 3 aromatic rings. The first kappa shape index (κ1) is 23.4. The Kier molecular flexibility index (Phi) is 6.65. The van der Waals surface area contributed by atoms with Crippen LogP contribution in [-0.2, 0) is 9.59 Å². The van der Waals surface area contributed by atoms with E-state index in [1.54, 1.807) is 30.5 Å². The average molecular weight is 477 g/mol. The molecule has 0 radical (unpaired) electrons. The number of anilines is 2. The van der Waals surface area contributed by atoms with Crippen LogP contribution in [0.2, 0.25) is 5.02 Å². The molecule has 4 rings (SSSR count). The first-order valence-electron chi connectivity index (χ1n) is 10.8. The number of methoxy groups -OCH3 is 1. The van der Waals surface area contributed by atoms with Crippen LogP contribution in [-0.4, -0.2) is 36.2 Å². The maximum Gasteiger partial charge on any atom is 0.244 e. The molecule has 8 heteroatoms. The lowest BCUT2D eigenvalue weighted by molar-refractivity contribution is -0.120. The number of aryl methyl sites for hydroxylation is 3. The second-order valence-electron chi connectivity index (χ2n) is 8.21. The maximum atomic E-state index is 13.3. The van der Waals surface area contributed by atoms with Gasteiger partial charge in [0.15, 0.2) is 5.82 Å². The van der Waals surface area contributed by atoms with Gasteiger partial charge in [0.1, 0.15) is 18.0 Å². The second-order valence-corrected chi connectivity index (χ2v) is 8.62. The average Bonchev–Trinajstić information content (AvgIpc) is 2.94. The molecule has 0 aliphatic carbocycles. The van der Waals surface area contributed by atoms with Gasteiger partial charge in [-0.1, -0.05) is 23.7 Å². The van der Waals surface area contributed by atoms with Crippen LogP contribution in [0.5, 0.6) is 5.75 Å². The van der Waals surface area contributed by atoms with Gasteiger partial charge in [-0.2, -0.15) is 0 Å². The topological polar surface area (TPSA) is 83.9 Å². The Bertz CT molecular complexity index is 1320. The zero-order valence-corrected chi connectivity index (χ0v) is 20.2. The van der Waals surface area contributed by atoms with E-state index in [0.29, 0.717) is 33.7 Å². The Balaban J connectivity index is 1.62. The largest absolute Gasteiger partial charge is 0.495 e. The van der Waals surface area contributed by atoms with Crippen LogP contribution < -0.4 is 15.0 Å². The van der Waals surface area contributed by atoms with Crippen molar-refractivity contribution < 1.29 is 14.3 Å². The summed E-state index contributed by atoms with van der Waals surface area (Å²) in [6, 6.07) is 12.9. The van der Waals surface area contributed by atoms with Gasteiger partial charge >= 0.3 is 0 Å². The minimum absolute atomic E-state index is 0.0511. The number of hydrogen-bond acceptors (Lipinski definition) is 5. The first-order valence-corrected chi connectivity index (χ1v) is 11.2. The van der Waals surface area contributed by atoms with E-state index in [4.69, 9.17) is 21.3 Å². The fourth-order valence-corrected chi connectivity index (χ4v) is 3.89. The van der Waals surface area contributed by atoms with Gasteiger partial charge in [-0.25, -0.2) is 9.98 Å². The zero-order valence-electron chi connectivity index (χ0n) is 19.5. The number of nitrogens with one attached hydrogen (secondary N) is 1. The lowest BCUT2D eigenvalue weighted by Gasteiger charge is -2.21. The molecule has 2 amide bonds. The highest BCUT2D eigenvalue weighted by atomic mass is 35.5. The number of carbonyl (C=O) groups excluding carboxylic acids is 2. The second kappa shape index (κ2) is 9.65. The molecular weight excluding hydrogens is 452 g/mol. The van der Waals surface area contributed by atoms with Crippen LogP contribution in [0.25, 0.3) is 0 Å². The minimum atomic E-state index is -0.389. The van der Waals surface area contributed by atoms with E-state index in [1.165, 1.54) is 12.0 Å². The van der Waals surface area contributed by atoms with Crippen molar-refractivity contribution in [2.75, 3.05) is 23.9 Å². The van der Waals surface area contributed by atoms with Crippen molar-refractivity contribution in [2.24, 2.45) is 4.99 Å². The Morgan fingerprint density at radius 1 is 1.12 bits per heavy atom. The number of amides is 2. The number of pyridine rings is 1. The molecule has 1 aliphatic heterocycles. The molecule has 7 nitrogen and oxygen atoms in total. The van der Waals surface area contributed by atoms with Crippen molar-refractivity contribution in [3.8, 4) is 5.75 Å². The van der Waals surface area contributed by atoms with Crippen LogP contribution in [0.1, 0.15) is 28.7 Å². The van der Waals surface area contributed by atoms with Crippen LogP contribution in [0.3, 0.4) is 0 Å². The quantitative estimate of drug-likeness (QED) is 0.551. The highest BCUT2D eigenvalue weighted by Crippen LogP contribution is 2.33. The van der Waals surface area contributed by atoms with Crippen molar-refractivity contribution in [3.63, 3.8) is 0 Å². The number of halogens is 1. The molecule has 0 unspecified atom stereocenters. The van der Waals surface area contributed by atoms with E-state index < -0.39 is 0 Å². The van der Waals surface area contributed by atoms with Gasteiger partial charge in [-0.3, -0.25) is 14.5 Å². The first-order chi connectivity index (χ1) is 16.3. The summed E-state index contributed by atoms with van der Waals surface area (Å²) in [7, 11) is 1.50. The summed E-state index contributed by atoms with van der Waals surface area (Å²) in [6.07, 6.45) is 1.63. The van der Waals surface area contributed by atoms with Crippen molar-refractivity contribution in [3.05, 3.63) is 75.9 Å². The smallest absolute Gasteiger partial charge is 0.244 e. The normalized spacial score (nSPS) is 13.1. The molecule has 0 atom stereocenters. The highest BCUT2D eigenvalue weighted by molar-refractivity contribution is 6.31. The van der Waals surface area contributed by atoms with Crippen molar-refractivity contribution >= 4 is 46.3 Å². The molecule has 1 aromatic heterocycles. The highest BCUT2D eigenvalue weighted by Gasteiger charge is 2.28. The molecule has 0 bridgehead atoms. The molecule has 1 N–H and O–H groups in total. The predicted molar refractivity (Wildman–Crippen MR) is 135 cm³/mol. The summed E-state index contributed by atoms with van der Waals surface area (Å²) >= 11 is 6.17. The molecule has 174 valence electrons. The van der Waals surface area contributed by atoms with E-state index in [0.717, 1.165) is 22.3 Å². The zero-order chi connectivity index (χ0) is 24.4. The van der Waals surface area contributed by atoms with Gasteiger partial charge in [0.25, 0.3) is 0 Å².